The van der Waals surface area contributed by atoms with E-state index in [1.807, 2.05) is 12.1 Å². The van der Waals surface area contributed by atoms with E-state index in [1.165, 1.54) is 22.3 Å². The monoisotopic (exact) mass is 395 g/mol. The van der Waals surface area contributed by atoms with E-state index in [4.69, 9.17) is 0 Å². The van der Waals surface area contributed by atoms with Crippen LogP contribution in [-0.4, -0.2) is 11.1 Å². The SMILES string of the molecule is CCCC1(CCC)c2ccccc2-c2ccc(C(=C=NO)c3ccccc3C)cc21. The molecule has 2 nitrogen and oxygen atoms in total. The maximum absolute atomic E-state index is 9.35. The zero-order valence-corrected chi connectivity index (χ0v) is 18.1. The van der Waals surface area contributed by atoms with Crippen LogP contribution in [0.2, 0.25) is 0 Å². The summed E-state index contributed by atoms with van der Waals surface area (Å²) in [5.74, 6) is 2.86. The Labute approximate surface area is 179 Å². The van der Waals surface area contributed by atoms with Gasteiger partial charge >= 0.3 is 0 Å². The van der Waals surface area contributed by atoms with Gasteiger partial charge in [0.2, 0.25) is 0 Å². The van der Waals surface area contributed by atoms with E-state index >= 15 is 0 Å². The molecule has 3 aromatic carbocycles. The maximum atomic E-state index is 9.35. The lowest BCUT2D eigenvalue weighted by Crippen LogP contribution is -2.25. The summed E-state index contributed by atoms with van der Waals surface area (Å²) in [5, 5.41) is 12.6. The van der Waals surface area contributed by atoms with Crippen LogP contribution in [0.15, 0.2) is 71.9 Å². The first-order valence-corrected chi connectivity index (χ1v) is 10.9. The summed E-state index contributed by atoms with van der Waals surface area (Å²) in [7, 11) is 0. The van der Waals surface area contributed by atoms with Crippen LogP contribution in [0.4, 0.5) is 0 Å². The molecule has 4 rings (SSSR count). The zero-order chi connectivity index (χ0) is 21.1. The van der Waals surface area contributed by atoms with Gasteiger partial charge in [-0.05, 0) is 69.9 Å². The van der Waals surface area contributed by atoms with Crippen molar-refractivity contribution < 1.29 is 5.21 Å². The summed E-state index contributed by atoms with van der Waals surface area (Å²) in [4.78, 5) is 0. The number of hydrogen-bond donors (Lipinski definition) is 1. The molecule has 2 heteroatoms. The molecule has 0 radical (unpaired) electrons. The van der Waals surface area contributed by atoms with Crippen LogP contribution in [0, 0.1) is 6.92 Å². The second-order valence-electron chi connectivity index (χ2n) is 8.29. The summed E-state index contributed by atoms with van der Waals surface area (Å²) in [6.45, 7) is 6.63. The summed E-state index contributed by atoms with van der Waals surface area (Å²) in [6.07, 6.45) is 4.53. The average molecular weight is 396 g/mol. The van der Waals surface area contributed by atoms with Crippen molar-refractivity contribution in [2.75, 3.05) is 0 Å². The van der Waals surface area contributed by atoms with Crippen molar-refractivity contribution in [2.45, 2.75) is 51.9 Å². The van der Waals surface area contributed by atoms with Gasteiger partial charge in [0.1, 0.15) is 0 Å². The smallest absolute Gasteiger partial charge is 0.0541 e. The van der Waals surface area contributed by atoms with Crippen LogP contribution in [0.3, 0.4) is 0 Å². The van der Waals surface area contributed by atoms with Gasteiger partial charge < -0.3 is 5.21 Å². The van der Waals surface area contributed by atoms with Gasteiger partial charge in [-0.25, -0.2) is 0 Å². The third-order valence-corrected chi connectivity index (χ3v) is 6.49. The highest BCUT2D eigenvalue weighted by Crippen LogP contribution is 2.54. The first-order valence-electron chi connectivity index (χ1n) is 10.9. The lowest BCUT2D eigenvalue weighted by Gasteiger charge is -2.32. The Bertz CT molecular complexity index is 1130. The normalized spacial score (nSPS) is 13.3. The molecule has 0 amide bonds. The third kappa shape index (κ3) is 3.18. The minimum Gasteiger partial charge on any atom is -0.404 e. The Morgan fingerprint density at radius 1 is 0.867 bits per heavy atom. The Kier molecular flexibility index (Phi) is 5.61. The number of aryl methyl sites for hydroxylation is 1. The predicted molar refractivity (Wildman–Crippen MR) is 125 cm³/mol. The molecule has 0 bridgehead atoms. The summed E-state index contributed by atoms with van der Waals surface area (Å²) in [5.41, 5.74) is 9.65. The molecule has 0 aliphatic heterocycles. The highest BCUT2D eigenvalue weighted by molar-refractivity contribution is 6.00. The zero-order valence-electron chi connectivity index (χ0n) is 18.1. The number of rotatable bonds is 6. The molecular formula is C28H29NO. The van der Waals surface area contributed by atoms with Gasteiger partial charge in [-0.1, -0.05) is 87.4 Å². The fourth-order valence-electron chi connectivity index (χ4n) is 5.31. The summed E-state index contributed by atoms with van der Waals surface area (Å²) < 4.78 is 0. The van der Waals surface area contributed by atoms with Gasteiger partial charge in [0.25, 0.3) is 0 Å². The molecular weight excluding hydrogens is 366 g/mol. The van der Waals surface area contributed by atoms with Crippen LogP contribution in [0.5, 0.6) is 0 Å². The lowest BCUT2D eigenvalue weighted by atomic mass is 9.71. The van der Waals surface area contributed by atoms with E-state index in [-0.39, 0.29) is 5.41 Å². The van der Waals surface area contributed by atoms with Crippen molar-refractivity contribution in [1.29, 1.82) is 0 Å². The van der Waals surface area contributed by atoms with E-state index in [0.717, 1.165) is 47.9 Å². The number of hydrogen-bond acceptors (Lipinski definition) is 2. The number of fused-ring (bicyclic) bond motifs is 3. The fourth-order valence-corrected chi connectivity index (χ4v) is 5.31. The van der Waals surface area contributed by atoms with Gasteiger partial charge in [-0.15, -0.1) is 0 Å². The first kappa shape index (κ1) is 20.2. The van der Waals surface area contributed by atoms with Gasteiger partial charge in [0.05, 0.1) is 5.57 Å². The molecule has 1 N–H and O–H groups in total. The second-order valence-corrected chi connectivity index (χ2v) is 8.29. The molecule has 0 aromatic heterocycles. The highest BCUT2D eigenvalue weighted by atomic mass is 16.4. The molecule has 0 spiro atoms. The van der Waals surface area contributed by atoms with Crippen LogP contribution in [0.25, 0.3) is 16.7 Å². The van der Waals surface area contributed by atoms with Crippen molar-refractivity contribution in [3.05, 3.63) is 94.5 Å². The Morgan fingerprint density at radius 3 is 2.23 bits per heavy atom. The van der Waals surface area contributed by atoms with E-state index in [1.54, 1.807) is 0 Å². The highest BCUT2D eigenvalue weighted by Gasteiger charge is 2.41. The molecule has 1 aliphatic rings. The molecule has 3 aromatic rings. The van der Waals surface area contributed by atoms with Crippen molar-refractivity contribution >= 4 is 11.4 Å². The van der Waals surface area contributed by atoms with E-state index in [2.05, 4.69) is 86.4 Å². The van der Waals surface area contributed by atoms with Crippen LogP contribution < -0.4 is 0 Å². The van der Waals surface area contributed by atoms with Crippen molar-refractivity contribution in [2.24, 2.45) is 5.16 Å². The third-order valence-electron chi connectivity index (χ3n) is 6.49. The van der Waals surface area contributed by atoms with Gasteiger partial charge in [-0.2, -0.15) is 0 Å². The minimum atomic E-state index is 0.0403. The predicted octanol–water partition coefficient (Wildman–Crippen LogP) is 7.35. The molecule has 30 heavy (non-hydrogen) atoms. The Hall–Kier alpha value is -3.09. The molecule has 0 fully saturated rings. The number of benzene rings is 3. The summed E-state index contributed by atoms with van der Waals surface area (Å²) >= 11 is 0. The topological polar surface area (TPSA) is 32.6 Å². The molecule has 1 aliphatic carbocycles. The maximum Gasteiger partial charge on any atom is 0.0541 e. The minimum absolute atomic E-state index is 0.0403. The second kappa shape index (κ2) is 8.34. The quantitative estimate of drug-likeness (QED) is 0.264. The average Bonchev–Trinajstić information content (AvgIpc) is 3.03. The van der Waals surface area contributed by atoms with Crippen molar-refractivity contribution in [3.63, 3.8) is 0 Å². The Balaban J connectivity index is 1.96. The molecule has 152 valence electrons. The first-order chi connectivity index (χ1) is 14.7. The lowest BCUT2D eigenvalue weighted by molar-refractivity contribution is 0.323. The van der Waals surface area contributed by atoms with Crippen LogP contribution in [-0.2, 0) is 5.41 Å². The van der Waals surface area contributed by atoms with Gasteiger partial charge in [0, 0.05) is 11.3 Å². The molecule has 0 unspecified atom stereocenters. The molecule has 0 heterocycles. The van der Waals surface area contributed by atoms with E-state index in [9.17, 15) is 5.21 Å². The van der Waals surface area contributed by atoms with Crippen LogP contribution in [0.1, 0.15) is 67.3 Å². The van der Waals surface area contributed by atoms with Crippen molar-refractivity contribution in [1.82, 2.24) is 0 Å². The Morgan fingerprint density at radius 2 is 1.53 bits per heavy atom. The fraction of sp³-hybridized carbons (Fsp3) is 0.286. The van der Waals surface area contributed by atoms with E-state index in [0.29, 0.717) is 0 Å². The van der Waals surface area contributed by atoms with Gasteiger partial charge in [-0.3, -0.25) is 0 Å². The summed E-state index contributed by atoms with van der Waals surface area (Å²) in [6, 6.07) is 23.8. The molecule has 0 saturated carbocycles. The standard InChI is InChI=1S/C28H29NO/c1-4-16-28(17-5-2)26-13-9-8-12-23(26)24-15-14-21(18-27(24)28)25(19-29-30)22-11-7-6-10-20(22)3/h6-15,18,30H,4-5,16-17H2,1-3H3. The molecule has 0 saturated heterocycles. The van der Waals surface area contributed by atoms with Crippen LogP contribution >= 0.6 is 0 Å². The number of nitrogens with zero attached hydrogens (tertiary/aromatic N) is 1. The van der Waals surface area contributed by atoms with Gasteiger partial charge in [0.15, 0.2) is 0 Å². The van der Waals surface area contributed by atoms with E-state index < -0.39 is 0 Å². The van der Waals surface area contributed by atoms with Crippen molar-refractivity contribution in [3.8, 4) is 11.1 Å². The largest absolute Gasteiger partial charge is 0.404 e. The molecule has 0 atom stereocenters.